The topological polar surface area (TPSA) is 8.81 Å². The van der Waals surface area contributed by atoms with Gasteiger partial charge in [0.05, 0.1) is 17.5 Å². The molecule has 1 aromatic heterocycles. The smallest absolute Gasteiger partial charge is 0.226 e. The number of nitrogens with zero attached hydrogens (tertiary/aromatic N) is 2. The van der Waals surface area contributed by atoms with Crippen LogP contribution >= 0.6 is 0 Å². The minimum Gasteiger partial charge on any atom is -0.226 e. The van der Waals surface area contributed by atoms with Crippen molar-refractivity contribution in [1.82, 2.24) is 4.57 Å². The van der Waals surface area contributed by atoms with Gasteiger partial charge in [-0.2, -0.15) is 4.57 Å². The van der Waals surface area contributed by atoms with E-state index in [0.29, 0.717) is 5.92 Å². The third kappa shape index (κ3) is 2.48. The molecule has 2 bridgehead atoms. The minimum atomic E-state index is -0.0755. The average Bonchev–Trinajstić information content (AvgIpc) is 3.05. The molecule has 31 heavy (non-hydrogen) atoms. The van der Waals surface area contributed by atoms with Crippen molar-refractivity contribution in [3.63, 3.8) is 0 Å². The Hall–Kier alpha value is -3.13. The van der Waals surface area contributed by atoms with Gasteiger partial charge in [-0.25, -0.2) is 4.57 Å². The van der Waals surface area contributed by atoms with E-state index >= 15 is 0 Å². The lowest BCUT2D eigenvalue weighted by molar-refractivity contribution is -0.584. The lowest BCUT2D eigenvalue weighted by Crippen LogP contribution is -2.34. The third-order valence-electron chi connectivity index (χ3n) is 7.57. The molecule has 1 atom stereocenters. The number of aryl methyl sites for hydroxylation is 2. The van der Waals surface area contributed by atoms with Crippen LogP contribution in [0, 0.1) is 13.8 Å². The molecule has 0 saturated heterocycles. The van der Waals surface area contributed by atoms with E-state index < -0.39 is 0 Å². The molecule has 2 aliphatic rings. The molecule has 0 saturated carbocycles. The first-order valence-electron chi connectivity index (χ1n) is 11.4. The Labute approximate surface area is 184 Å². The van der Waals surface area contributed by atoms with E-state index in [2.05, 4.69) is 110 Å². The second-order valence-electron chi connectivity index (χ2n) is 9.74. The zero-order valence-corrected chi connectivity index (χ0v) is 18.8. The number of benzene rings is 3. The summed E-state index contributed by atoms with van der Waals surface area (Å²) in [7, 11) is 0. The highest BCUT2D eigenvalue weighted by Crippen LogP contribution is 2.47. The highest BCUT2D eigenvalue weighted by Gasteiger charge is 2.44. The van der Waals surface area contributed by atoms with Crippen molar-refractivity contribution >= 4 is 0 Å². The highest BCUT2D eigenvalue weighted by atomic mass is 15.2. The maximum Gasteiger partial charge on any atom is 0.294 e. The van der Waals surface area contributed by atoms with Crippen molar-refractivity contribution in [2.75, 3.05) is 0 Å². The fourth-order valence-electron chi connectivity index (χ4n) is 6.10. The third-order valence-corrected chi connectivity index (χ3v) is 7.57. The molecular formula is C29H29N2+. The van der Waals surface area contributed by atoms with Gasteiger partial charge < -0.3 is 0 Å². The van der Waals surface area contributed by atoms with Crippen LogP contribution in [-0.2, 0) is 12.0 Å². The van der Waals surface area contributed by atoms with Crippen LogP contribution in [0.25, 0.3) is 17.1 Å². The van der Waals surface area contributed by atoms with Gasteiger partial charge in [0.2, 0.25) is 0 Å². The Bertz CT molecular complexity index is 1320. The van der Waals surface area contributed by atoms with Crippen LogP contribution in [0.15, 0.2) is 72.9 Å². The summed E-state index contributed by atoms with van der Waals surface area (Å²) in [4.78, 5) is 0. The lowest BCUT2D eigenvalue weighted by atomic mass is 9.73. The number of hydrogen-bond acceptors (Lipinski definition) is 0. The second kappa shape index (κ2) is 6.43. The van der Waals surface area contributed by atoms with Crippen LogP contribution in [0.5, 0.6) is 0 Å². The molecular weight excluding hydrogens is 376 g/mol. The molecule has 2 nitrogen and oxygen atoms in total. The van der Waals surface area contributed by atoms with E-state index in [9.17, 15) is 0 Å². The van der Waals surface area contributed by atoms with Crippen molar-refractivity contribution < 1.29 is 4.57 Å². The summed E-state index contributed by atoms with van der Waals surface area (Å²) < 4.78 is 5.09. The van der Waals surface area contributed by atoms with Gasteiger partial charge in [-0.3, -0.25) is 0 Å². The molecule has 0 fully saturated rings. The Morgan fingerprint density at radius 2 is 1.52 bits per heavy atom. The monoisotopic (exact) mass is 405 g/mol. The van der Waals surface area contributed by atoms with E-state index in [1.165, 1.54) is 50.6 Å². The standard InChI is InChI=1S/C29H29N2/c1-19-10-9-11-20(2)27(19)31-18-26-29(3,4)25-15-8-7-13-23(25)22-16-17-30(26)28(31)24-14-6-5-12-21(22)24/h5-15,18,22H,16-17H2,1-4H3/q+1. The quantitative estimate of drug-likeness (QED) is 0.332. The Balaban J connectivity index is 1.80. The number of hydrogen-bond donors (Lipinski definition) is 0. The number of fused-ring (bicyclic) bond motifs is 7. The van der Waals surface area contributed by atoms with E-state index in [-0.39, 0.29) is 5.41 Å². The molecule has 4 aromatic rings. The van der Waals surface area contributed by atoms with Crippen LogP contribution < -0.4 is 4.57 Å². The molecule has 0 N–H and O–H groups in total. The molecule has 0 spiro atoms. The van der Waals surface area contributed by atoms with Crippen molar-refractivity contribution in [2.45, 2.75) is 52.0 Å². The fourth-order valence-corrected chi connectivity index (χ4v) is 6.10. The van der Waals surface area contributed by atoms with Crippen molar-refractivity contribution in [2.24, 2.45) is 0 Å². The van der Waals surface area contributed by atoms with E-state index in [4.69, 9.17) is 0 Å². The molecule has 2 aliphatic heterocycles. The molecule has 0 amide bonds. The van der Waals surface area contributed by atoms with E-state index in [0.717, 1.165) is 13.0 Å². The largest absolute Gasteiger partial charge is 0.294 e. The molecule has 0 aliphatic carbocycles. The van der Waals surface area contributed by atoms with Crippen molar-refractivity contribution in [3.05, 3.63) is 106 Å². The second-order valence-corrected chi connectivity index (χ2v) is 9.74. The zero-order valence-electron chi connectivity index (χ0n) is 18.8. The van der Waals surface area contributed by atoms with Crippen LogP contribution in [0.2, 0.25) is 0 Å². The summed E-state index contributed by atoms with van der Waals surface area (Å²) in [6.07, 6.45) is 3.55. The van der Waals surface area contributed by atoms with Gasteiger partial charge in [0, 0.05) is 5.92 Å². The number of imidazole rings is 1. The highest BCUT2D eigenvalue weighted by molar-refractivity contribution is 5.65. The summed E-state index contributed by atoms with van der Waals surface area (Å²) in [5, 5.41) is 0. The van der Waals surface area contributed by atoms with Crippen LogP contribution in [0.1, 0.15) is 59.7 Å². The normalized spacial score (nSPS) is 18.0. The summed E-state index contributed by atoms with van der Waals surface area (Å²) in [6.45, 7) is 10.3. The Kier molecular flexibility index (Phi) is 3.87. The van der Waals surface area contributed by atoms with Gasteiger partial charge in [0.15, 0.2) is 5.69 Å². The van der Waals surface area contributed by atoms with Crippen LogP contribution in [0.3, 0.4) is 0 Å². The predicted octanol–water partition coefficient (Wildman–Crippen LogP) is 6.22. The molecule has 1 unspecified atom stereocenters. The molecule has 0 radical (unpaired) electrons. The fraction of sp³-hybridized carbons (Fsp3) is 0.276. The van der Waals surface area contributed by atoms with Gasteiger partial charge in [0.25, 0.3) is 5.82 Å². The Morgan fingerprint density at radius 3 is 2.29 bits per heavy atom. The molecule has 2 heteroatoms. The van der Waals surface area contributed by atoms with Crippen molar-refractivity contribution in [1.29, 1.82) is 0 Å². The first-order chi connectivity index (χ1) is 15.0. The molecule has 3 aromatic carbocycles. The zero-order chi connectivity index (χ0) is 21.3. The first kappa shape index (κ1) is 18.6. The summed E-state index contributed by atoms with van der Waals surface area (Å²) in [6, 6.07) is 24.8. The summed E-state index contributed by atoms with van der Waals surface area (Å²) >= 11 is 0. The van der Waals surface area contributed by atoms with Gasteiger partial charge in [-0.05, 0) is 68.0 Å². The van der Waals surface area contributed by atoms with Gasteiger partial charge in [-0.1, -0.05) is 60.7 Å². The average molecular weight is 406 g/mol. The lowest BCUT2D eigenvalue weighted by Gasteiger charge is -2.31. The maximum atomic E-state index is 2.61. The van der Waals surface area contributed by atoms with Gasteiger partial charge in [-0.15, -0.1) is 0 Å². The summed E-state index contributed by atoms with van der Waals surface area (Å²) in [5.41, 5.74) is 11.0. The SMILES string of the molecule is Cc1cccc(C)c1-[n+]1cc2n3c1-c1ccccc1C(CC3)c1ccccc1C2(C)C. The van der Waals surface area contributed by atoms with E-state index in [1.54, 1.807) is 0 Å². The number of para-hydroxylation sites is 1. The van der Waals surface area contributed by atoms with Crippen LogP contribution in [-0.4, -0.2) is 4.57 Å². The van der Waals surface area contributed by atoms with Crippen molar-refractivity contribution in [3.8, 4) is 17.1 Å². The van der Waals surface area contributed by atoms with Gasteiger partial charge >= 0.3 is 0 Å². The number of rotatable bonds is 1. The summed E-state index contributed by atoms with van der Waals surface area (Å²) in [5.74, 6) is 1.75. The number of aromatic nitrogens is 2. The molecule has 6 rings (SSSR count). The molecule has 3 heterocycles. The maximum absolute atomic E-state index is 2.61. The van der Waals surface area contributed by atoms with Crippen LogP contribution in [0.4, 0.5) is 0 Å². The van der Waals surface area contributed by atoms with Gasteiger partial charge in [0.1, 0.15) is 11.9 Å². The minimum absolute atomic E-state index is 0.0755. The van der Waals surface area contributed by atoms with E-state index in [1.807, 2.05) is 0 Å². The first-order valence-corrected chi connectivity index (χ1v) is 11.4. The molecule has 154 valence electrons. The predicted molar refractivity (Wildman–Crippen MR) is 126 cm³/mol. The Morgan fingerprint density at radius 1 is 0.839 bits per heavy atom.